The summed E-state index contributed by atoms with van der Waals surface area (Å²) in [4.78, 5) is 14.7. The molecule has 4 fully saturated rings. The topological polar surface area (TPSA) is 41.6 Å². The Hall–Kier alpha value is -0.770. The molecule has 0 unspecified atom stereocenters. The van der Waals surface area contributed by atoms with Gasteiger partial charge in [-0.2, -0.15) is 0 Å². The monoisotopic (exact) mass is 292 g/mol. The second kappa shape index (κ2) is 5.45. The Labute approximate surface area is 127 Å². The van der Waals surface area contributed by atoms with Crippen molar-refractivity contribution < 1.29 is 9.53 Å². The van der Waals surface area contributed by atoms with Crippen LogP contribution in [0.1, 0.15) is 64.2 Å². The lowest BCUT2D eigenvalue weighted by atomic mass is 9.78. The van der Waals surface area contributed by atoms with E-state index in [1.807, 2.05) is 0 Å². The van der Waals surface area contributed by atoms with Gasteiger partial charge in [-0.25, -0.2) is 4.79 Å². The number of amides is 2. The number of urea groups is 1. The SMILES string of the molecule is O=C(N[C@H]1CCOC2(CCCCC2)C1)N1C[C@H]2CC[C@H]1C2. The third-order valence-electron chi connectivity index (χ3n) is 6.26. The number of rotatable bonds is 1. The van der Waals surface area contributed by atoms with Gasteiger partial charge in [-0.1, -0.05) is 19.3 Å². The molecule has 4 rings (SSSR count). The van der Waals surface area contributed by atoms with Crippen molar-refractivity contribution in [2.45, 2.75) is 81.9 Å². The predicted molar refractivity (Wildman–Crippen MR) is 81.2 cm³/mol. The molecular formula is C17H28N2O2. The summed E-state index contributed by atoms with van der Waals surface area (Å²) in [6, 6.07) is 1.04. The van der Waals surface area contributed by atoms with Crippen molar-refractivity contribution in [3.8, 4) is 0 Å². The number of ether oxygens (including phenoxy) is 1. The summed E-state index contributed by atoms with van der Waals surface area (Å²) in [6.07, 6.45) is 12.1. The number of carbonyl (C=O) groups is 1. The number of piperidine rings is 1. The van der Waals surface area contributed by atoms with Crippen LogP contribution in [0.15, 0.2) is 0 Å². The molecule has 118 valence electrons. The molecule has 1 N–H and O–H groups in total. The number of nitrogens with one attached hydrogen (secondary N) is 1. The highest BCUT2D eigenvalue weighted by atomic mass is 16.5. The number of nitrogens with zero attached hydrogens (tertiary/aromatic N) is 1. The molecular weight excluding hydrogens is 264 g/mol. The standard InChI is InChI=1S/C17H28N2O2/c20-16(19-12-13-4-5-15(19)10-13)18-14-6-9-21-17(11-14)7-2-1-3-8-17/h13-15H,1-12H2,(H,18,20)/t13-,14-,15-/m0/s1. The number of hydrogen-bond acceptors (Lipinski definition) is 2. The highest BCUT2D eigenvalue weighted by molar-refractivity contribution is 5.75. The van der Waals surface area contributed by atoms with Gasteiger partial charge in [-0.3, -0.25) is 0 Å². The Morgan fingerprint density at radius 2 is 2.00 bits per heavy atom. The zero-order chi connectivity index (χ0) is 14.3. The molecule has 0 aromatic carbocycles. The van der Waals surface area contributed by atoms with Crippen LogP contribution in [0, 0.1) is 5.92 Å². The van der Waals surface area contributed by atoms with Crippen LogP contribution in [-0.4, -0.2) is 41.8 Å². The fourth-order valence-corrected chi connectivity index (χ4v) is 5.13. The van der Waals surface area contributed by atoms with Gasteiger partial charge in [0.2, 0.25) is 0 Å². The Balaban J connectivity index is 1.35. The lowest BCUT2D eigenvalue weighted by Crippen LogP contribution is -2.53. The molecule has 0 radical (unpaired) electrons. The van der Waals surface area contributed by atoms with Gasteiger partial charge in [0, 0.05) is 25.2 Å². The molecule has 2 saturated heterocycles. The van der Waals surface area contributed by atoms with Crippen LogP contribution in [0.25, 0.3) is 0 Å². The third-order valence-corrected chi connectivity index (χ3v) is 6.26. The summed E-state index contributed by atoms with van der Waals surface area (Å²) in [5.74, 6) is 0.778. The number of carbonyl (C=O) groups excluding carboxylic acids is 1. The van der Waals surface area contributed by atoms with Crippen molar-refractivity contribution in [3.05, 3.63) is 0 Å². The van der Waals surface area contributed by atoms with E-state index in [1.54, 1.807) is 0 Å². The van der Waals surface area contributed by atoms with E-state index in [-0.39, 0.29) is 11.6 Å². The summed E-state index contributed by atoms with van der Waals surface area (Å²) in [5, 5.41) is 3.32. The minimum absolute atomic E-state index is 0.0818. The Bertz CT molecular complexity index is 400. The summed E-state index contributed by atoms with van der Waals surface area (Å²) in [6.45, 7) is 1.81. The first-order chi connectivity index (χ1) is 10.2. The van der Waals surface area contributed by atoms with Gasteiger partial charge in [0.1, 0.15) is 0 Å². The quantitative estimate of drug-likeness (QED) is 0.807. The van der Waals surface area contributed by atoms with Gasteiger partial charge in [0.25, 0.3) is 0 Å². The van der Waals surface area contributed by atoms with Crippen LogP contribution in [0.3, 0.4) is 0 Å². The highest BCUT2D eigenvalue weighted by Gasteiger charge is 2.42. The summed E-state index contributed by atoms with van der Waals surface area (Å²) >= 11 is 0. The second-order valence-electron chi connectivity index (χ2n) is 7.72. The van der Waals surface area contributed by atoms with Crippen LogP contribution >= 0.6 is 0 Å². The predicted octanol–water partition coefficient (Wildman–Crippen LogP) is 3.06. The zero-order valence-corrected chi connectivity index (χ0v) is 13.0. The van der Waals surface area contributed by atoms with Crippen molar-refractivity contribution >= 4 is 6.03 Å². The maximum Gasteiger partial charge on any atom is 0.317 e. The molecule has 2 bridgehead atoms. The van der Waals surface area contributed by atoms with Crippen LogP contribution in [0.2, 0.25) is 0 Å². The van der Waals surface area contributed by atoms with Crippen molar-refractivity contribution in [2.75, 3.05) is 13.2 Å². The average Bonchev–Trinajstić information content (AvgIpc) is 3.11. The molecule has 2 aliphatic heterocycles. The molecule has 2 amide bonds. The second-order valence-corrected chi connectivity index (χ2v) is 7.72. The van der Waals surface area contributed by atoms with Crippen molar-refractivity contribution in [1.29, 1.82) is 0 Å². The van der Waals surface area contributed by atoms with E-state index in [2.05, 4.69) is 10.2 Å². The maximum atomic E-state index is 12.5. The molecule has 2 saturated carbocycles. The molecule has 21 heavy (non-hydrogen) atoms. The van der Waals surface area contributed by atoms with Crippen LogP contribution < -0.4 is 5.32 Å². The van der Waals surface area contributed by atoms with Crippen molar-refractivity contribution in [2.24, 2.45) is 5.92 Å². The van der Waals surface area contributed by atoms with Gasteiger partial charge in [-0.05, 0) is 50.9 Å². The molecule has 1 spiro atoms. The smallest absolute Gasteiger partial charge is 0.317 e. The minimum Gasteiger partial charge on any atom is -0.375 e. The fourth-order valence-electron chi connectivity index (χ4n) is 5.13. The molecule has 4 nitrogen and oxygen atoms in total. The molecule has 4 aliphatic rings. The molecule has 4 heteroatoms. The van der Waals surface area contributed by atoms with Crippen molar-refractivity contribution in [3.63, 3.8) is 0 Å². The average molecular weight is 292 g/mol. The van der Waals surface area contributed by atoms with Gasteiger partial charge in [0.15, 0.2) is 0 Å². The van der Waals surface area contributed by atoms with Gasteiger partial charge < -0.3 is 15.0 Å². The fraction of sp³-hybridized carbons (Fsp3) is 0.941. The van der Waals surface area contributed by atoms with E-state index >= 15 is 0 Å². The largest absolute Gasteiger partial charge is 0.375 e. The van der Waals surface area contributed by atoms with E-state index < -0.39 is 0 Å². The number of hydrogen-bond donors (Lipinski definition) is 1. The lowest BCUT2D eigenvalue weighted by molar-refractivity contribution is -0.108. The van der Waals surface area contributed by atoms with E-state index in [0.717, 1.165) is 31.9 Å². The first-order valence-electron chi connectivity index (χ1n) is 8.95. The van der Waals surface area contributed by atoms with E-state index in [4.69, 9.17) is 4.74 Å². The number of fused-ring (bicyclic) bond motifs is 2. The maximum absolute atomic E-state index is 12.5. The molecule has 2 aliphatic carbocycles. The highest BCUT2D eigenvalue weighted by Crippen LogP contribution is 2.39. The van der Waals surface area contributed by atoms with Crippen LogP contribution in [0.5, 0.6) is 0 Å². The Kier molecular flexibility index (Phi) is 3.60. The number of likely N-dealkylation sites (tertiary alicyclic amines) is 1. The van der Waals surface area contributed by atoms with Crippen LogP contribution in [-0.2, 0) is 4.74 Å². The molecule has 3 atom stereocenters. The van der Waals surface area contributed by atoms with Gasteiger partial charge in [0.05, 0.1) is 5.60 Å². The lowest BCUT2D eigenvalue weighted by Gasteiger charge is -2.44. The van der Waals surface area contributed by atoms with E-state index in [9.17, 15) is 4.79 Å². The summed E-state index contributed by atoms with van der Waals surface area (Å²) in [7, 11) is 0. The molecule has 0 aromatic heterocycles. The summed E-state index contributed by atoms with van der Waals surface area (Å²) in [5.41, 5.74) is 0.0818. The molecule has 0 aromatic rings. The first kappa shape index (κ1) is 13.9. The van der Waals surface area contributed by atoms with Gasteiger partial charge >= 0.3 is 6.03 Å². The zero-order valence-electron chi connectivity index (χ0n) is 13.0. The van der Waals surface area contributed by atoms with Crippen molar-refractivity contribution in [1.82, 2.24) is 10.2 Å². The first-order valence-corrected chi connectivity index (χ1v) is 8.95. The van der Waals surface area contributed by atoms with Crippen LogP contribution in [0.4, 0.5) is 4.79 Å². The molecule has 2 heterocycles. The third kappa shape index (κ3) is 2.67. The normalized spacial score (nSPS) is 37.9. The van der Waals surface area contributed by atoms with E-state index in [1.165, 1.54) is 51.4 Å². The Morgan fingerprint density at radius 3 is 2.71 bits per heavy atom. The Morgan fingerprint density at radius 1 is 1.14 bits per heavy atom. The summed E-state index contributed by atoms with van der Waals surface area (Å²) < 4.78 is 6.13. The van der Waals surface area contributed by atoms with Gasteiger partial charge in [-0.15, -0.1) is 0 Å². The minimum atomic E-state index is 0.0818. The van der Waals surface area contributed by atoms with E-state index in [0.29, 0.717) is 12.1 Å².